The Bertz CT molecular complexity index is 253. The van der Waals surface area contributed by atoms with Gasteiger partial charge < -0.3 is 5.73 Å². The summed E-state index contributed by atoms with van der Waals surface area (Å²) in [5.74, 6) is 0. The number of nitrogens with two attached hydrogens (primary N) is 1. The predicted molar refractivity (Wildman–Crippen MR) is 54.4 cm³/mol. The van der Waals surface area contributed by atoms with Crippen LogP contribution >= 0.6 is 0 Å². The molecule has 1 aromatic heterocycles. The molecule has 74 valence electrons. The van der Waals surface area contributed by atoms with Gasteiger partial charge in [0.25, 0.3) is 0 Å². The number of unbranched alkanes of at least 4 members (excludes halogenated alkanes) is 2. The van der Waals surface area contributed by atoms with E-state index < -0.39 is 0 Å². The fourth-order valence-corrected chi connectivity index (χ4v) is 1.52. The lowest BCUT2D eigenvalue weighted by atomic mass is 10.1. The molecule has 3 N–H and O–H groups in total. The van der Waals surface area contributed by atoms with Crippen LogP contribution < -0.4 is 5.73 Å². The average molecular weight is 181 g/mol. The van der Waals surface area contributed by atoms with Crippen LogP contribution in [0.5, 0.6) is 0 Å². The molecule has 0 saturated carbocycles. The van der Waals surface area contributed by atoms with Crippen molar-refractivity contribution in [2.45, 2.75) is 46.1 Å². The average Bonchev–Trinajstić information content (AvgIpc) is 2.47. The highest BCUT2D eigenvalue weighted by Crippen LogP contribution is 2.12. The van der Waals surface area contributed by atoms with Crippen molar-refractivity contribution in [1.82, 2.24) is 10.2 Å². The van der Waals surface area contributed by atoms with Gasteiger partial charge in [-0.25, -0.2) is 0 Å². The van der Waals surface area contributed by atoms with Crippen LogP contribution in [0.2, 0.25) is 0 Å². The SMILES string of the molecule is CCCCCc1n[nH]c(C)c1CN. The summed E-state index contributed by atoms with van der Waals surface area (Å²) in [6.45, 7) is 4.84. The third-order valence-corrected chi connectivity index (χ3v) is 2.38. The summed E-state index contributed by atoms with van der Waals surface area (Å²) in [5.41, 5.74) is 9.12. The Labute approximate surface area is 79.7 Å². The van der Waals surface area contributed by atoms with Crippen LogP contribution in [0.25, 0.3) is 0 Å². The molecule has 1 heterocycles. The molecule has 3 heteroatoms. The molecule has 0 aromatic carbocycles. The number of hydrogen-bond acceptors (Lipinski definition) is 2. The highest BCUT2D eigenvalue weighted by Gasteiger charge is 2.07. The molecule has 0 atom stereocenters. The number of nitrogens with one attached hydrogen (secondary N) is 1. The second-order valence-corrected chi connectivity index (χ2v) is 3.44. The van der Waals surface area contributed by atoms with Crippen molar-refractivity contribution in [2.24, 2.45) is 5.73 Å². The lowest BCUT2D eigenvalue weighted by Gasteiger charge is -1.99. The molecule has 0 aliphatic heterocycles. The van der Waals surface area contributed by atoms with E-state index in [9.17, 15) is 0 Å². The number of aromatic nitrogens is 2. The Balaban J connectivity index is 2.55. The Morgan fingerprint density at radius 3 is 2.77 bits per heavy atom. The van der Waals surface area contributed by atoms with E-state index in [0.29, 0.717) is 6.54 Å². The minimum Gasteiger partial charge on any atom is -0.326 e. The van der Waals surface area contributed by atoms with E-state index in [-0.39, 0.29) is 0 Å². The normalized spacial score (nSPS) is 10.7. The summed E-state index contributed by atoms with van der Waals surface area (Å²) in [6, 6.07) is 0. The van der Waals surface area contributed by atoms with Crippen molar-refractivity contribution in [1.29, 1.82) is 0 Å². The van der Waals surface area contributed by atoms with Crippen molar-refractivity contribution in [2.75, 3.05) is 0 Å². The number of hydrogen-bond donors (Lipinski definition) is 2. The first-order chi connectivity index (χ1) is 6.29. The number of H-pyrrole nitrogens is 1. The zero-order valence-corrected chi connectivity index (χ0v) is 8.56. The molecular formula is C10H19N3. The van der Waals surface area contributed by atoms with Crippen LogP contribution in [0.4, 0.5) is 0 Å². The maximum absolute atomic E-state index is 5.64. The molecule has 13 heavy (non-hydrogen) atoms. The maximum atomic E-state index is 5.64. The molecule has 0 radical (unpaired) electrons. The minimum absolute atomic E-state index is 0.601. The van der Waals surface area contributed by atoms with Gasteiger partial charge in [-0.3, -0.25) is 5.10 Å². The van der Waals surface area contributed by atoms with E-state index >= 15 is 0 Å². The quantitative estimate of drug-likeness (QED) is 0.682. The zero-order chi connectivity index (χ0) is 9.68. The summed E-state index contributed by atoms with van der Waals surface area (Å²) in [7, 11) is 0. The first-order valence-corrected chi connectivity index (χ1v) is 5.02. The van der Waals surface area contributed by atoms with Crippen LogP contribution in [0.1, 0.15) is 43.1 Å². The molecule has 0 aliphatic carbocycles. The molecule has 0 bridgehead atoms. The standard InChI is InChI=1S/C10H19N3/c1-3-4-5-6-10-9(7-11)8(2)12-13-10/h3-7,11H2,1-2H3,(H,12,13). The monoisotopic (exact) mass is 181 g/mol. The first kappa shape index (κ1) is 10.3. The highest BCUT2D eigenvalue weighted by atomic mass is 15.1. The van der Waals surface area contributed by atoms with E-state index in [4.69, 9.17) is 5.73 Å². The summed E-state index contributed by atoms with van der Waals surface area (Å²) >= 11 is 0. The van der Waals surface area contributed by atoms with Gasteiger partial charge in [-0.15, -0.1) is 0 Å². The van der Waals surface area contributed by atoms with Crippen molar-refractivity contribution in [3.63, 3.8) is 0 Å². The predicted octanol–water partition coefficient (Wildman–Crippen LogP) is 1.91. The molecule has 0 unspecified atom stereocenters. The fraction of sp³-hybridized carbons (Fsp3) is 0.700. The molecule has 3 nitrogen and oxygen atoms in total. The molecule has 0 fully saturated rings. The zero-order valence-electron chi connectivity index (χ0n) is 8.56. The summed E-state index contributed by atoms with van der Waals surface area (Å²) in [4.78, 5) is 0. The van der Waals surface area contributed by atoms with Crippen LogP contribution in [-0.2, 0) is 13.0 Å². The van der Waals surface area contributed by atoms with Gasteiger partial charge in [0.05, 0.1) is 5.69 Å². The first-order valence-electron chi connectivity index (χ1n) is 5.02. The number of aromatic amines is 1. The Hall–Kier alpha value is -0.830. The van der Waals surface area contributed by atoms with Gasteiger partial charge in [0.15, 0.2) is 0 Å². The highest BCUT2D eigenvalue weighted by molar-refractivity contribution is 5.23. The lowest BCUT2D eigenvalue weighted by molar-refractivity contribution is 0.701. The smallest absolute Gasteiger partial charge is 0.0669 e. The van der Waals surface area contributed by atoms with Crippen LogP contribution in [0.3, 0.4) is 0 Å². The Morgan fingerprint density at radius 2 is 2.15 bits per heavy atom. The van der Waals surface area contributed by atoms with Crippen molar-refractivity contribution in [3.8, 4) is 0 Å². The van der Waals surface area contributed by atoms with Gasteiger partial charge in [-0.05, 0) is 19.8 Å². The molecule has 0 aliphatic rings. The van der Waals surface area contributed by atoms with Gasteiger partial charge in [0.2, 0.25) is 0 Å². The van der Waals surface area contributed by atoms with Crippen molar-refractivity contribution >= 4 is 0 Å². The number of aryl methyl sites for hydroxylation is 2. The van der Waals surface area contributed by atoms with Crippen molar-refractivity contribution < 1.29 is 0 Å². The summed E-state index contributed by atoms with van der Waals surface area (Å²) in [6.07, 6.45) is 4.80. The maximum Gasteiger partial charge on any atom is 0.0669 e. The van der Waals surface area contributed by atoms with E-state index in [1.807, 2.05) is 6.92 Å². The number of rotatable bonds is 5. The Morgan fingerprint density at radius 1 is 1.38 bits per heavy atom. The van der Waals surface area contributed by atoms with E-state index in [2.05, 4.69) is 17.1 Å². The van der Waals surface area contributed by atoms with E-state index in [1.165, 1.54) is 24.8 Å². The topological polar surface area (TPSA) is 54.7 Å². The Kier molecular flexibility index (Phi) is 3.96. The molecule has 0 spiro atoms. The van der Waals surface area contributed by atoms with Gasteiger partial charge in [0, 0.05) is 17.8 Å². The third kappa shape index (κ3) is 2.56. The van der Waals surface area contributed by atoms with Gasteiger partial charge in [-0.1, -0.05) is 19.8 Å². The van der Waals surface area contributed by atoms with Gasteiger partial charge in [0.1, 0.15) is 0 Å². The molecule has 0 saturated heterocycles. The van der Waals surface area contributed by atoms with E-state index in [0.717, 1.165) is 17.8 Å². The van der Waals surface area contributed by atoms with Crippen LogP contribution in [0.15, 0.2) is 0 Å². The van der Waals surface area contributed by atoms with Crippen LogP contribution in [0, 0.1) is 6.92 Å². The van der Waals surface area contributed by atoms with Crippen molar-refractivity contribution in [3.05, 3.63) is 17.0 Å². The fourth-order valence-electron chi connectivity index (χ4n) is 1.52. The number of nitrogens with zero attached hydrogens (tertiary/aromatic N) is 1. The second-order valence-electron chi connectivity index (χ2n) is 3.44. The summed E-state index contributed by atoms with van der Waals surface area (Å²) < 4.78 is 0. The van der Waals surface area contributed by atoms with Crippen LogP contribution in [-0.4, -0.2) is 10.2 Å². The van der Waals surface area contributed by atoms with E-state index in [1.54, 1.807) is 0 Å². The summed E-state index contributed by atoms with van der Waals surface area (Å²) in [5, 5.41) is 7.24. The molecule has 0 amide bonds. The third-order valence-electron chi connectivity index (χ3n) is 2.38. The van der Waals surface area contributed by atoms with Gasteiger partial charge in [-0.2, -0.15) is 5.10 Å². The largest absolute Gasteiger partial charge is 0.326 e. The van der Waals surface area contributed by atoms with Gasteiger partial charge >= 0.3 is 0 Å². The minimum atomic E-state index is 0.601. The molecule has 1 aromatic rings. The molecule has 1 rings (SSSR count). The lowest BCUT2D eigenvalue weighted by Crippen LogP contribution is -2.01. The molecular weight excluding hydrogens is 162 g/mol. The second kappa shape index (κ2) is 5.02.